The minimum atomic E-state index is -3.05. The molecule has 0 heterocycles. The van der Waals surface area contributed by atoms with Gasteiger partial charge in [0.1, 0.15) is 15.6 Å². The molecule has 0 saturated carbocycles. The van der Waals surface area contributed by atoms with Crippen molar-refractivity contribution in [2.24, 2.45) is 0 Å². The zero-order valence-electron chi connectivity index (χ0n) is 10.5. The zero-order chi connectivity index (χ0) is 13.1. The molecule has 3 nitrogen and oxygen atoms in total. The van der Waals surface area contributed by atoms with Gasteiger partial charge >= 0.3 is 0 Å². The van der Waals surface area contributed by atoms with E-state index in [2.05, 4.69) is 0 Å². The SMILES string of the molecule is Cc1ccc(C)c(CC(=O)CCS(C)(=O)=O)c1. The number of sulfone groups is 1. The number of hydrogen-bond donors (Lipinski definition) is 0. The third kappa shape index (κ3) is 5.13. The molecule has 0 bridgehead atoms. The van der Waals surface area contributed by atoms with E-state index in [0.717, 1.165) is 22.9 Å². The number of rotatable bonds is 5. The summed E-state index contributed by atoms with van der Waals surface area (Å²) in [6.45, 7) is 3.93. The van der Waals surface area contributed by atoms with Crippen LogP contribution in [0.2, 0.25) is 0 Å². The summed E-state index contributed by atoms with van der Waals surface area (Å²) in [5, 5.41) is 0. The molecule has 0 unspecified atom stereocenters. The molecule has 0 saturated heterocycles. The molecule has 0 aliphatic rings. The molecule has 0 aliphatic heterocycles. The second-order valence-electron chi connectivity index (χ2n) is 4.53. The lowest BCUT2D eigenvalue weighted by atomic mass is 10.0. The van der Waals surface area contributed by atoms with Gasteiger partial charge in [-0.15, -0.1) is 0 Å². The van der Waals surface area contributed by atoms with Crippen molar-refractivity contribution in [3.63, 3.8) is 0 Å². The zero-order valence-corrected chi connectivity index (χ0v) is 11.3. The molecule has 4 heteroatoms. The van der Waals surface area contributed by atoms with Crippen LogP contribution in [0.4, 0.5) is 0 Å². The smallest absolute Gasteiger partial charge is 0.147 e. The highest BCUT2D eigenvalue weighted by atomic mass is 32.2. The van der Waals surface area contributed by atoms with Gasteiger partial charge in [-0.3, -0.25) is 4.79 Å². The molecule has 1 rings (SSSR count). The summed E-state index contributed by atoms with van der Waals surface area (Å²) in [7, 11) is -3.05. The molecule has 1 aromatic rings. The highest BCUT2D eigenvalue weighted by molar-refractivity contribution is 7.90. The molecule has 0 amide bonds. The Morgan fingerprint density at radius 1 is 1.24 bits per heavy atom. The van der Waals surface area contributed by atoms with Crippen LogP contribution >= 0.6 is 0 Å². The van der Waals surface area contributed by atoms with Crippen molar-refractivity contribution in [1.29, 1.82) is 0 Å². The number of aryl methyl sites for hydroxylation is 2. The van der Waals surface area contributed by atoms with Crippen molar-refractivity contribution < 1.29 is 13.2 Å². The van der Waals surface area contributed by atoms with Gasteiger partial charge in [0.05, 0.1) is 5.75 Å². The summed E-state index contributed by atoms with van der Waals surface area (Å²) in [6, 6.07) is 5.96. The number of carbonyl (C=O) groups is 1. The summed E-state index contributed by atoms with van der Waals surface area (Å²) in [5.41, 5.74) is 3.17. The number of benzene rings is 1. The average molecular weight is 254 g/mol. The van der Waals surface area contributed by atoms with Crippen LogP contribution in [0.15, 0.2) is 18.2 Å². The molecule has 0 atom stereocenters. The number of Topliss-reactive ketones (excluding diaryl/α,β-unsaturated/α-hetero) is 1. The molecule has 0 spiro atoms. The Labute approximate surface area is 103 Å². The molecule has 0 aliphatic carbocycles. The van der Waals surface area contributed by atoms with Crippen LogP contribution in [0.3, 0.4) is 0 Å². The summed E-state index contributed by atoms with van der Waals surface area (Å²) in [4.78, 5) is 11.7. The predicted molar refractivity (Wildman–Crippen MR) is 69.0 cm³/mol. The van der Waals surface area contributed by atoms with Crippen LogP contribution in [0.5, 0.6) is 0 Å². The fourth-order valence-electron chi connectivity index (χ4n) is 1.59. The van der Waals surface area contributed by atoms with Crippen LogP contribution in [0.1, 0.15) is 23.1 Å². The standard InChI is InChI=1S/C13H18O3S/c1-10-4-5-11(2)12(8-10)9-13(14)6-7-17(3,15)16/h4-5,8H,6-7,9H2,1-3H3. The van der Waals surface area contributed by atoms with Gasteiger partial charge in [-0.1, -0.05) is 23.8 Å². The summed E-state index contributed by atoms with van der Waals surface area (Å²) in [6.07, 6.45) is 1.58. The third-order valence-electron chi connectivity index (χ3n) is 2.64. The van der Waals surface area contributed by atoms with Crippen LogP contribution in [0.25, 0.3) is 0 Å². The maximum Gasteiger partial charge on any atom is 0.147 e. The van der Waals surface area contributed by atoms with E-state index in [1.807, 2.05) is 32.0 Å². The Morgan fingerprint density at radius 3 is 2.47 bits per heavy atom. The van der Waals surface area contributed by atoms with Gasteiger partial charge in [-0.25, -0.2) is 8.42 Å². The molecule has 17 heavy (non-hydrogen) atoms. The molecule has 94 valence electrons. The average Bonchev–Trinajstić information content (AvgIpc) is 2.20. The Morgan fingerprint density at radius 2 is 1.88 bits per heavy atom. The third-order valence-corrected chi connectivity index (χ3v) is 3.59. The first-order valence-corrected chi connectivity index (χ1v) is 7.59. The van der Waals surface area contributed by atoms with E-state index in [0.29, 0.717) is 6.42 Å². The van der Waals surface area contributed by atoms with Gasteiger partial charge in [0, 0.05) is 19.1 Å². The van der Waals surface area contributed by atoms with Crippen LogP contribution in [-0.4, -0.2) is 26.2 Å². The van der Waals surface area contributed by atoms with E-state index in [1.54, 1.807) is 0 Å². The quantitative estimate of drug-likeness (QED) is 0.805. The predicted octanol–water partition coefficient (Wildman–Crippen LogP) is 1.85. The van der Waals surface area contributed by atoms with E-state index in [9.17, 15) is 13.2 Å². The Balaban J connectivity index is 2.65. The Bertz CT molecular complexity index is 515. The second-order valence-corrected chi connectivity index (χ2v) is 6.79. The van der Waals surface area contributed by atoms with Crippen molar-refractivity contribution >= 4 is 15.6 Å². The van der Waals surface area contributed by atoms with Gasteiger partial charge < -0.3 is 0 Å². The van der Waals surface area contributed by atoms with E-state index in [1.165, 1.54) is 0 Å². The van der Waals surface area contributed by atoms with Gasteiger partial charge in [-0.05, 0) is 25.0 Å². The van der Waals surface area contributed by atoms with Gasteiger partial charge in [0.15, 0.2) is 0 Å². The lowest BCUT2D eigenvalue weighted by Crippen LogP contribution is -2.11. The lowest BCUT2D eigenvalue weighted by molar-refractivity contribution is -0.118. The highest BCUT2D eigenvalue weighted by Crippen LogP contribution is 2.12. The fourth-order valence-corrected chi connectivity index (χ4v) is 2.19. The molecule has 0 radical (unpaired) electrons. The maximum absolute atomic E-state index is 11.7. The summed E-state index contributed by atoms with van der Waals surface area (Å²) < 4.78 is 21.9. The molecule has 0 N–H and O–H groups in total. The van der Waals surface area contributed by atoms with E-state index in [4.69, 9.17) is 0 Å². The first-order chi connectivity index (χ1) is 7.78. The van der Waals surface area contributed by atoms with Gasteiger partial charge in [0.2, 0.25) is 0 Å². The van der Waals surface area contributed by atoms with E-state index >= 15 is 0 Å². The fraction of sp³-hybridized carbons (Fsp3) is 0.462. The minimum Gasteiger partial charge on any atom is -0.299 e. The van der Waals surface area contributed by atoms with Crippen LogP contribution in [0, 0.1) is 13.8 Å². The lowest BCUT2D eigenvalue weighted by Gasteiger charge is -2.06. The number of ketones is 1. The van der Waals surface area contributed by atoms with Crippen molar-refractivity contribution in [1.82, 2.24) is 0 Å². The van der Waals surface area contributed by atoms with E-state index in [-0.39, 0.29) is 18.0 Å². The van der Waals surface area contributed by atoms with Gasteiger partial charge in [-0.2, -0.15) is 0 Å². The normalized spacial score (nSPS) is 11.5. The molecule has 0 aromatic heterocycles. The first kappa shape index (κ1) is 13.9. The molecular formula is C13H18O3S. The molecule has 0 fully saturated rings. The van der Waals surface area contributed by atoms with Crippen molar-refractivity contribution in [3.05, 3.63) is 34.9 Å². The summed E-state index contributed by atoms with van der Waals surface area (Å²) >= 11 is 0. The number of carbonyl (C=O) groups excluding carboxylic acids is 1. The van der Waals surface area contributed by atoms with Crippen LogP contribution < -0.4 is 0 Å². The first-order valence-electron chi connectivity index (χ1n) is 5.53. The topological polar surface area (TPSA) is 51.2 Å². The van der Waals surface area contributed by atoms with Crippen molar-refractivity contribution in [2.75, 3.05) is 12.0 Å². The Hall–Kier alpha value is -1.16. The highest BCUT2D eigenvalue weighted by Gasteiger charge is 2.10. The minimum absolute atomic E-state index is 0.0240. The van der Waals surface area contributed by atoms with Gasteiger partial charge in [0.25, 0.3) is 0 Å². The van der Waals surface area contributed by atoms with Crippen molar-refractivity contribution in [2.45, 2.75) is 26.7 Å². The Kier molecular flexibility index (Phi) is 4.46. The molecular weight excluding hydrogens is 236 g/mol. The largest absolute Gasteiger partial charge is 0.299 e. The summed E-state index contributed by atoms with van der Waals surface area (Å²) in [5.74, 6) is -0.0828. The van der Waals surface area contributed by atoms with Crippen LogP contribution in [-0.2, 0) is 21.1 Å². The second kappa shape index (κ2) is 5.45. The monoisotopic (exact) mass is 254 g/mol. The van der Waals surface area contributed by atoms with E-state index < -0.39 is 9.84 Å². The van der Waals surface area contributed by atoms with Crippen molar-refractivity contribution in [3.8, 4) is 0 Å². The number of hydrogen-bond acceptors (Lipinski definition) is 3. The molecule has 1 aromatic carbocycles. The maximum atomic E-state index is 11.7.